The van der Waals surface area contributed by atoms with Gasteiger partial charge in [0, 0.05) is 37.4 Å². The quantitative estimate of drug-likeness (QED) is 0.864. The summed E-state index contributed by atoms with van der Waals surface area (Å²) in [4.78, 5) is 16.5. The van der Waals surface area contributed by atoms with Gasteiger partial charge in [-0.2, -0.15) is 0 Å². The van der Waals surface area contributed by atoms with Gasteiger partial charge in [-0.25, -0.2) is 4.39 Å². The summed E-state index contributed by atoms with van der Waals surface area (Å²) in [5.41, 5.74) is 1.53. The van der Waals surface area contributed by atoms with Crippen LogP contribution in [0.15, 0.2) is 48.5 Å². The summed E-state index contributed by atoms with van der Waals surface area (Å²) in [6.45, 7) is 5.39. The molecule has 0 N–H and O–H groups in total. The van der Waals surface area contributed by atoms with E-state index in [0.29, 0.717) is 25.3 Å². The summed E-state index contributed by atoms with van der Waals surface area (Å²) in [6.07, 6.45) is 0. The highest BCUT2D eigenvalue weighted by molar-refractivity contribution is 5.94. The smallest absolute Gasteiger partial charge is 0.254 e. The lowest BCUT2D eigenvalue weighted by atomic mass is 10.1. The Balaban J connectivity index is 1.60. The van der Waals surface area contributed by atoms with E-state index in [-0.39, 0.29) is 11.7 Å². The van der Waals surface area contributed by atoms with Crippen molar-refractivity contribution in [2.24, 2.45) is 0 Å². The molecule has 1 amide bonds. The van der Waals surface area contributed by atoms with Crippen molar-refractivity contribution in [3.8, 4) is 5.75 Å². The van der Waals surface area contributed by atoms with Crippen LogP contribution in [0.1, 0.15) is 17.3 Å². The second kappa shape index (κ2) is 7.34. The number of hydrogen-bond acceptors (Lipinski definition) is 3. The van der Waals surface area contributed by atoms with Gasteiger partial charge < -0.3 is 14.5 Å². The Labute approximate surface area is 141 Å². The molecule has 0 saturated carbocycles. The first kappa shape index (κ1) is 16.3. The topological polar surface area (TPSA) is 32.8 Å². The van der Waals surface area contributed by atoms with Crippen LogP contribution in [0.2, 0.25) is 0 Å². The Morgan fingerprint density at radius 2 is 1.79 bits per heavy atom. The first-order valence-corrected chi connectivity index (χ1v) is 8.20. The molecule has 0 atom stereocenters. The Morgan fingerprint density at radius 3 is 2.42 bits per heavy atom. The number of carbonyl (C=O) groups is 1. The minimum absolute atomic E-state index is 0.110. The molecule has 0 bridgehead atoms. The van der Waals surface area contributed by atoms with Crippen LogP contribution in [0.25, 0.3) is 0 Å². The van der Waals surface area contributed by atoms with Crippen LogP contribution in [0, 0.1) is 5.82 Å². The molecule has 0 aliphatic carbocycles. The zero-order valence-electron chi connectivity index (χ0n) is 13.7. The second-order valence-electron chi connectivity index (χ2n) is 5.72. The van der Waals surface area contributed by atoms with Crippen molar-refractivity contribution >= 4 is 11.6 Å². The van der Waals surface area contributed by atoms with Crippen molar-refractivity contribution in [1.82, 2.24) is 4.90 Å². The van der Waals surface area contributed by atoms with E-state index in [4.69, 9.17) is 4.74 Å². The first-order valence-electron chi connectivity index (χ1n) is 8.20. The fraction of sp³-hybridized carbons (Fsp3) is 0.316. The van der Waals surface area contributed by atoms with E-state index >= 15 is 0 Å². The third kappa shape index (κ3) is 3.67. The maximum Gasteiger partial charge on any atom is 0.254 e. The maximum absolute atomic E-state index is 13.3. The van der Waals surface area contributed by atoms with Gasteiger partial charge in [-0.15, -0.1) is 0 Å². The van der Waals surface area contributed by atoms with Gasteiger partial charge in [0.2, 0.25) is 0 Å². The SMILES string of the molecule is CCOc1ccc(N2CCN(C(=O)c3cccc(F)c3)CC2)cc1. The van der Waals surface area contributed by atoms with Crippen LogP contribution in [0.3, 0.4) is 0 Å². The number of benzene rings is 2. The molecule has 0 radical (unpaired) electrons. The highest BCUT2D eigenvalue weighted by atomic mass is 19.1. The molecule has 5 heteroatoms. The lowest BCUT2D eigenvalue weighted by molar-refractivity contribution is 0.0746. The van der Waals surface area contributed by atoms with Crippen LogP contribution in [-0.2, 0) is 0 Å². The van der Waals surface area contributed by atoms with Gasteiger partial charge in [0.05, 0.1) is 6.61 Å². The molecule has 126 valence electrons. The average molecular weight is 328 g/mol. The number of ether oxygens (including phenoxy) is 1. The van der Waals surface area contributed by atoms with Crippen molar-refractivity contribution in [2.75, 3.05) is 37.7 Å². The van der Waals surface area contributed by atoms with Gasteiger partial charge in [-0.05, 0) is 49.4 Å². The lowest BCUT2D eigenvalue weighted by Crippen LogP contribution is -2.48. The number of halogens is 1. The first-order chi connectivity index (χ1) is 11.7. The molecule has 2 aromatic rings. The Hall–Kier alpha value is -2.56. The fourth-order valence-corrected chi connectivity index (χ4v) is 2.89. The average Bonchev–Trinajstić information content (AvgIpc) is 2.62. The van der Waals surface area contributed by atoms with Gasteiger partial charge in [0.15, 0.2) is 0 Å². The predicted octanol–water partition coefficient (Wildman–Crippen LogP) is 3.19. The molecule has 0 spiro atoms. The van der Waals surface area contributed by atoms with Gasteiger partial charge >= 0.3 is 0 Å². The van der Waals surface area contributed by atoms with E-state index in [9.17, 15) is 9.18 Å². The molecule has 4 nitrogen and oxygen atoms in total. The van der Waals surface area contributed by atoms with Crippen molar-refractivity contribution in [3.63, 3.8) is 0 Å². The molecule has 0 unspecified atom stereocenters. The van der Waals surface area contributed by atoms with Gasteiger partial charge in [0.1, 0.15) is 11.6 Å². The number of rotatable bonds is 4. The zero-order valence-corrected chi connectivity index (χ0v) is 13.7. The predicted molar refractivity (Wildman–Crippen MR) is 92.1 cm³/mol. The van der Waals surface area contributed by atoms with E-state index in [1.807, 2.05) is 31.2 Å². The van der Waals surface area contributed by atoms with Gasteiger partial charge in [-0.1, -0.05) is 6.07 Å². The molecule has 1 aliphatic heterocycles. The third-order valence-corrected chi connectivity index (χ3v) is 4.15. The van der Waals surface area contributed by atoms with Crippen molar-refractivity contribution < 1.29 is 13.9 Å². The van der Waals surface area contributed by atoms with Crippen LogP contribution >= 0.6 is 0 Å². The van der Waals surface area contributed by atoms with Crippen LogP contribution in [0.4, 0.5) is 10.1 Å². The number of nitrogens with zero attached hydrogens (tertiary/aromatic N) is 2. The van der Waals surface area contributed by atoms with E-state index in [0.717, 1.165) is 24.5 Å². The van der Waals surface area contributed by atoms with Gasteiger partial charge in [-0.3, -0.25) is 4.79 Å². The van der Waals surface area contributed by atoms with Crippen LogP contribution < -0.4 is 9.64 Å². The van der Waals surface area contributed by atoms with Crippen LogP contribution in [0.5, 0.6) is 5.75 Å². The molecule has 3 rings (SSSR count). The Kier molecular flexibility index (Phi) is 4.99. The van der Waals surface area contributed by atoms with E-state index in [1.165, 1.54) is 12.1 Å². The van der Waals surface area contributed by atoms with Crippen molar-refractivity contribution in [2.45, 2.75) is 6.92 Å². The molecule has 1 aliphatic rings. The summed E-state index contributed by atoms with van der Waals surface area (Å²) in [5, 5.41) is 0. The van der Waals surface area contributed by atoms with E-state index in [2.05, 4.69) is 4.90 Å². The molecular formula is C19H21FN2O2. The summed E-state index contributed by atoms with van der Waals surface area (Å²) in [6, 6.07) is 13.9. The normalized spacial score (nSPS) is 14.6. The molecule has 1 heterocycles. The molecule has 2 aromatic carbocycles. The molecule has 0 aromatic heterocycles. The minimum atomic E-state index is -0.381. The van der Waals surface area contributed by atoms with Gasteiger partial charge in [0.25, 0.3) is 5.91 Å². The second-order valence-corrected chi connectivity index (χ2v) is 5.72. The molecule has 24 heavy (non-hydrogen) atoms. The third-order valence-electron chi connectivity index (χ3n) is 4.15. The lowest BCUT2D eigenvalue weighted by Gasteiger charge is -2.36. The van der Waals surface area contributed by atoms with Crippen molar-refractivity contribution in [3.05, 3.63) is 59.9 Å². The maximum atomic E-state index is 13.3. The summed E-state index contributed by atoms with van der Waals surface area (Å²) in [5.74, 6) is 0.371. The summed E-state index contributed by atoms with van der Waals surface area (Å²) < 4.78 is 18.7. The largest absolute Gasteiger partial charge is 0.494 e. The number of anilines is 1. The number of piperazine rings is 1. The highest BCUT2D eigenvalue weighted by Crippen LogP contribution is 2.21. The summed E-state index contributed by atoms with van der Waals surface area (Å²) in [7, 11) is 0. The number of hydrogen-bond donors (Lipinski definition) is 0. The summed E-state index contributed by atoms with van der Waals surface area (Å²) >= 11 is 0. The fourth-order valence-electron chi connectivity index (χ4n) is 2.89. The Morgan fingerprint density at radius 1 is 1.08 bits per heavy atom. The standard InChI is InChI=1S/C19H21FN2O2/c1-2-24-18-8-6-17(7-9-18)21-10-12-22(13-11-21)19(23)15-4-3-5-16(20)14-15/h3-9,14H,2,10-13H2,1H3. The minimum Gasteiger partial charge on any atom is -0.494 e. The number of amides is 1. The number of carbonyl (C=O) groups excluding carboxylic acids is 1. The highest BCUT2D eigenvalue weighted by Gasteiger charge is 2.22. The van der Waals surface area contributed by atoms with E-state index < -0.39 is 0 Å². The molecular weight excluding hydrogens is 307 g/mol. The molecule has 1 fully saturated rings. The van der Waals surface area contributed by atoms with Crippen molar-refractivity contribution in [1.29, 1.82) is 0 Å². The Bertz CT molecular complexity index is 695. The van der Waals surface area contributed by atoms with Crippen LogP contribution in [-0.4, -0.2) is 43.6 Å². The zero-order chi connectivity index (χ0) is 16.9. The monoisotopic (exact) mass is 328 g/mol. The van der Waals surface area contributed by atoms with E-state index in [1.54, 1.807) is 17.0 Å². The molecule has 1 saturated heterocycles.